The van der Waals surface area contributed by atoms with Crippen molar-refractivity contribution >= 4 is 17.5 Å². The Labute approximate surface area is 116 Å². The predicted molar refractivity (Wildman–Crippen MR) is 75.8 cm³/mol. The highest BCUT2D eigenvalue weighted by Crippen LogP contribution is 2.22. The summed E-state index contributed by atoms with van der Waals surface area (Å²) in [6, 6.07) is 7.72. The number of carbonyl (C=O) groups is 1. The minimum Gasteiger partial charge on any atom is -0.447 e. The largest absolute Gasteiger partial charge is 0.447 e. The molecule has 1 fully saturated rings. The first kappa shape index (κ1) is 12.5. The molecule has 1 aliphatic rings. The van der Waals surface area contributed by atoms with Crippen LogP contribution in [0.1, 0.15) is 11.4 Å². The number of hydrogen-bond donors (Lipinski definition) is 2. The van der Waals surface area contributed by atoms with Gasteiger partial charge in [-0.3, -0.25) is 4.90 Å². The van der Waals surface area contributed by atoms with Gasteiger partial charge in [-0.25, -0.2) is 9.78 Å². The number of aromatic nitrogens is 2. The molecular weight excluding hydrogens is 256 g/mol. The van der Waals surface area contributed by atoms with Crippen LogP contribution in [0.4, 0.5) is 16.2 Å². The molecule has 0 aliphatic carbocycles. The molecule has 1 amide bonds. The molecule has 1 aliphatic heterocycles. The highest BCUT2D eigenvalue weighted by Gasteiger charge is 2.23. The molecule has 0 saturated carbocycles. The molecule has 0 spiro atoms. The Kier molecular flexibility index (Phi) is 3.28. The van der Waals surface area contributed by atoms with E-state index in [1.54, 1.807) is 11.2 Å². The van der Waals surface area contributed by atoms with Gasteiger partial charge in [-0.2, -0.15) is 0 Å². The van der Waals surface area contributed by atoms with E-state index in [0.29, 0.717) is 19.7 Å². The van der Waals surface area contributed by atoms with Gasteiger partial charge < -0.3 is 15.0 Å². The Hall–Kier alpha value is -2.50. The lowest BCUT2D eigenvalue weighted by Gasteiger charge is -2.14. The van der Waals surface area contributed by atoms with Crippen LogP contribution < -0.4 is 10.2 Å². The number of anilines is 2. The van der Waals surface area contributed by atoms with E-state index in [4.69, 9.17) is 4.74 Å². The van der Waals surface area contributed by atoms with Gasteiger partial charge in [0.1, 0.15) is 6.61 Å². The van der Waals surface area contributed by atoms with Crippen LogP contribution >= 0.6 is 0 Å². The van der Waals surface area contributed by atoms with Gasteiger partial charge in [0.2, 0.25) is 0 Å². The summed E-state index contributed by atoms with van der Waals surface area (Å²) in [5, 5.41) is 3.31. The van der Waals surface area contributed by atoms with Crippen molar-refractivity contribution in [3.05, 3.63) is 42.0 Å². The monoisotopic (exact) mass is 272 g/mol. The zero-order valence-corrected chi connectivity index (χ0v) is 11.2. The van der Waals surface area contributed by atoms with Crippen LogP contribution in [-0.4, -0.2) is 29.2 Å². The Morgan fingerprint density at radius 1 is 1.50 bits per heavy atom. The third kappa shape index (κ3) is 2.45. The quantitative estimate of drug-likeness (QED) is 0.896. The third-order valence-electron chi connectivity index (χ3n) is 3.31. The molecule has 6 heteroatoms. The summed E-state index contributed by atoms with van der Waals surface area (Å²) in [5.74, 6) is 0. The average molecular weight is 272 g/mol. The van der Waals surface area contributed by atoms with Gasteiger partial charge in [0.15, 0.2) is 0 Å². The van der Waals surface area contributed by atoms with Gasteiger partial charge in [0, 0.05) is 17.1 Å². The number of nitrogens with zero attached hydrogens (tertiary/aromatic N) is 2. The molecule has 0 atom stereocenters. The standard InChI is InChI=1S/C14H16N4O2/c1-10-13(17-9-16-10)8-15-11-3-2-4-12(7-11)18-5-6-20-14(18)19/h2-4,7,9,15H,5-6,8H2,1H3,(H,16,17). The van der Waals surface area contributed by atoms with Gasteiger partial charge in [0.05, 0.1) is 25.1 Å². The van der Waals surface area contributed by atoms with Crippen molar-refractivity contribution < 1.29 is 9.53 Å². The van der Waals surface area contributed by atoms with Crippen LogP contribution in [0.5, 0.6) is 0 Å². The highest BCUT2D eigenvalue weighted by molar-refractivity contribution is 5.89. The highest BCUT2D eigenvalue weighted by atomic mass is 16.6. The number of cyclic esters (lactones) is 1. The molecule has 1 aromatic carbocycles. The second kappa shape index (κ2) is 5.24. The van der Waals surface area contributed by atoms with E-state index >= 15 is 0 Å². The van der Waals surface area contributed by atoms with Crippen molar-refractivity contribution in [3.8, 4) is 0 Å². The van der Waals surface area contributed by atoms with E-state index in [9.17, 15) is 4.79 Å². The molecule has 1 saturated heterocycles. The third-order valence-corrected chi connectivity index (χ3v) is 3.31. The molecule has 3 rings (SSSR count). The number of rotatable bonds is 4. The molecule has 1 aromatic heterocycles. The summed E-state index contributed by atoms with van der Waals surface area (Å²) in [6.45, 7) is 3.67. The lowest BCUT2D eigenvalue weighted by molar-refractivity contribution is 0.181. The number of hydrogen-bond acceptors (Lipinski definition) is 4. The van der Waals surface area contributed by atoms with E-state index in [1.807, 2.05) is 31.2 Å². The number of nitrogens with one attached hydrogen (secondary N) is 2. The predicted octanol–water partition coefficient (Wildman–Crippen LogP) is 2.29. The molecule has 0 radical (unpaired) electrons. The molecule has 104 valence electrons. The Balaban J connectivity index is 1.71. The fraction of sp³-hybridized carbons (Fsp3) is 0.286. The maximum Gasteiger partial charge on any atom is 0.414 e. The zero-order valence-electron chi connectivity index (χ0n) is 11.2. The number of benzene rings is 1. The molecule has 2 N–H and O–H groups in total. The molecule has 0 bridgehead atoms. The molecule has 20 heavy (non-hydrogen) atoms. The first-order valence-corrected chi connectivity index (χ1v) is 6.51. The number of amides is 1. The molecule has 2 heterocycles. The van der Waals surface area contributed by atoms with Crippen molar-refractivity contribution in [2.24, 2.45) is 0 Å². The Bertz CT molecular complexity index is 623. The second-order valence-electron chi connectivity index (χ2n) is 4.64. The normalized spacial score (nSPS) is 14.4. The lowest BCUT2D eigenvalue weighted by Crippen LogP contribution is -2.23. The maximum absolute atomic E-state index is 11.5. The fourth-order valence-electron chi connectivity index (χ4n) is 2.16. The fourth-order valence-corrected chi connectivity index (χ4v) is 2.16. The summed E-state index contributed by atoms with van der Waals surface area (Å²) in [6.07, 6.45) is 1.40. The number of imidazole rings is 1. The lowest BCUT2D eigenvalue weighted by atomic mass is 10.2. The van der Waals surface area contributed by atoms with Crippen molar-refractivity contribution in [2.75, 3.05) is 23.4 Å². The van der Waals surface area contributed by atoms with E-state index in [-0.39, 0.29) is 6.09 Å². The Morgan fingerprint density at radius 3 is 3.10 bits per heavy atom. The minimum absolute atomic E-state index is 0.287. The maximum atomic E-state index is 11.5. The van der Waals surface area contributed by atoms with E-state index in [2.05, 4.69) is 15.3 Å². The second-order valence-corrected chi connectivity index (χ2v) is 4.64. The van der Waals surface area contributed by atoms with Crippen LogP contribution in [-0.2, 0) is 11.3 Å². The summed E-state index contributed by atoms with van der Waals surface area (Å²) in [7, 11) is 0. The topological polar surface area (TPSA) is 70.2 Å². The summed E-state index contributed by atoms with van der Waals surface area (Å²) in [4.78, 5) is 20.5. The van der Waals surface area contributed by atoms with Crippen molar-refractivity contribution in [3.63, 3.8) is 0 Å². The minimum atomic E-state index is -0.287. The van der Waals surface area contributed by atoms with Gasteiger partial charge in [-0.1, -0.05) is 6.07 Å². The van der Waals surface area contributed by atoms with Crippen LogP contribution in [0.15, 0.2) is 30.6 Å². The van der Waals surface area contributed by atoms with Gasteiger partial charge in [0.25, 0.3) is 0 Å². The van der Waals surface area contributed by atoms with Crippen molar-refractivity contribution in [1.82, 2.24) is 9.97 Å². The SMILES string of the molecule is Cc1[nH]cnc1CNc1cccc(N2CCOC2=O)c1. The summed E-state index contributed by atoms with van der Waals surface area (Å²) < 4.78 is 4.95. The molecule has 0 unspecified atom stereocenters. The van der Waals surface area contributed by atoms with Crippen LogP contribution in [0, 0.1) is 6.92 Å². The van der Waals surface area contributed by atoms with Crippen molar-refractivity contribution in [1.29, 1.82) is 0 Å². The number of H-pyrrole nitrogens is 1. The van der Waals surface area contributed by atoms with Crippen LogP contribution in [0.25, 0.3) is 0 Å². The van der Waals surface area contributed by atoms with Crippen LogP contribution in [0.2, 0.25) is 0 Å². The molecule has 6 nitrogen and oxygen atoms in total. The number of ether oxygens (including phenoxy) is 1. The van der Waals surface area contributed by atoms with Gasteiger partial charge in [-0.05, 0) is 25.1 Å². The van der Waals surface area contributed by atoms with Crippen molar-refractivity contribution in [2.45, 2.75) is 13.5 Å². The first-order valence-electron chi connectivity index (χ1n) is 6.51. The summed E-state index contributed by atoms with van der Waals surface area (Å²) in [5.41, 5.74) is 3.83. The van der Waals surface area contributed by atoms with E-state index in [0.717, 1.165) is 22.8 Å². The van der Waals surface area contributed by atoms with E-state index < -0.39 is 0 Å². The Morgan fingerprint density at radius 2 is 2.40 bits per heavy atom. The number of aromatic amines is 1. The van der Waals surface area contributed by atoms with Gasteiger partial charge >= 0.3 is 6.09 Å². The van der Waals surface area contributed by atoms with Crippen LogP contribution in [0.3, 0.4) is 0 Å². The van der Waals surface area contributed by atoms with E-state index in [1.165, 1.54) is 0 Å². The molecule has 2 aromatic rings. The smallest absolute Gasteiger partial charge is 0.414 e. The number of carbonyl (C=O) groups excluding carboxylic acids is 1. The average Bonchev–Trinajstić information content (AvgIpc) is 3.05. The number of aryl methyl sites for hydroxylation is 1. The van der Waals surface area contributed by atoms with Gasteiger partial charge in [-0.15, -0.1) is 0 Å². The summed E-state index contributed by atoms with van der Waals surface area (Å²) >= 11 is 0. The molecular formula is C14H16N4O2. The zero-order chi connectivity index (χ0) is 13.9. The first-order chi connectivity index (χ1) is 9.74.